The highest BCUT2D eigenvalue weighted by atomic mass is 35.5. The molecule has 6 nitrogen and oxygen atoms in total. The fraction of sp³-hybridized carbons (Fsp3) is 0.278. The third kappa shape index (κ3) is 5.59. The Bertz CT molecular complexity index is 916. The number of benzene rings is 2. The molecular weight excluding hydrogens is 409 g/mol. The number of hydrogen-bond acceptors (Lipinski definition) is 4. The topological polar surface area (TPSA) is 78.5 Å². The van der Waals surface area contributed by atoms with E-state index in [2.05, 4.69) is 10.6 Å². The first-order chi connectivity index (χ1) is 12.8. The van der Waals surface area contributed by atoms with Crippen LogP contribution in [0.3, 0.4) is 0 Å². The lowest BCUT2D eigenvalue weighted by molar-refractivity contribution is -0.114. The van der Waals surface area contributed by atoms with E-state index in [1.54, 1.807) is 44.2 Å². The Balaban J connectivity index is 2.07. The van der Waals surface area contributed by atoms with E-state index in [1.165, 1.54) is 16.4 Å². The van der Waals surface area contributed by atoms with E-state index in [1.807, 2.05) is 0 Å². The van der Waals surface area contributed by atoms with Crippen LogP contribution in [0.1, 0.15) is 13.8 Å². The Labute approximate surface area is 169 Å². The summed E-state index contributed by atoms with van der Waals surface area (Å²) in [5, 5.41) is 6.51. The molecule has 9 heteroatoms. The highest BCUT2D eigenvalue weighted by Gasteiger charge is 2.21. The average Bonchev–Trinajstić information content (AvgIpc) is 2.63. The highest BCUT2D eigenvalue weighted by molar-refractivity contribution is 7.89. The molecule has 0 spiro atoms. The number of carbonyl (C=O) groups excluding carboxylic acids is 1. The summed E-state index contributed by atoms with van der Waals surface area (Å²) in [6.07, 6.45) is 0. The predicted molar refractivity (Wildman–Crippen MR) is 110 cm³/mol. The lowest BCUT2D eigenvalue weighted by Gasteiger charge is -2.19. The van der Waals surface area contributed by atoms with Gasteiger partial charge in [-0.3, -0.25) is 4.79 Å². The maximum absolute atomic E-state index is 12.6. The molecule has 2 aromatic rings. The van der Waals surface area contributed by atoms with Crippen molar-refractivity contribution in [2.24, 2.45) is 0 Å². The summed E-state index contributed by atoms with van der Waals surface area (Å²) in [4.78, 5) is 12.3. The minimum absolute atomic E-state index is 0.0485. The fourth-order valence-electron chi connectivity index (χ4n) is 2.46. The van der Waals surface area contributed by atoms with E-state index in [-0.39, 0.29) is 17.3 Å². The molecule has 0 radical (unpaired) electrons. The molecule has 2 rings (SSSR count). The summed E-state index contributed by atoms with van der Waals surface area (Å²) >= 11 is 12.0. The van der Waals surface area contributed by atoms with Gasteiger partial charge in [-0.1, -0.05) is 43.1 Å². The zero-order valence-electron chi connectivity index (χ0n) is 15.0. The molecule has 0 aliphatic rings. The fourth-order valence-corrected chi connectivity index (χ4v) is 4.32. The molecule has 0 heterocycles. The monoisotopic (exact) mass is 429 g/mol. The van der Waals surface area contributed by atoms with Gasteiger partial charge in [-0.25, -0.2) is 8.42 Å². The molecule has 0 aliphatic heterocycles. The highest BCUT2D eigenvalue weighted by Crippen LogP contribution is 2.25. The Hall–Kier alpha value is -1.80. The number of nitrogens with zero attached hydrogens (tertiary/aromatic N) is 1. The van der Waals surface area contributed by atoms with Crippen molar-refractivity contribution in [3.05, 3.63) is 52.5 Å². The van der Waals surface area contributed by atoms with E-state index < -0.39 is 10.0 Å². The van der Waals surface area contributed by atoms with Crippen LogP contribution in [-0.2, 0) is 14.8 Å². The van der Waals surface area contributed by atoms with E-state index >= 15 is 0 Å². The van der Waals surface area contributed by atoms with Crippen LogP contribution in [0.25, 0.3) is 0 Å². The Kier molecular flexibility index (Phi) is 7.49. The number of rotatable bonds is 8. The van der Waals surface area contributed by atoms with Crippen LogP contribution in [0.2, 0.25) is 10.0 Å². The van der Waals surface area contributed by atoms with Crippen molar-refractivity contribution >= 4 is 50.5 Å². The Morgan fingerprint density at radius 1 is 1.07 bits per heavy atom. The van der Waals surface area contributed by atoms with Gasteiger partial charge in [0.05, 0.1) is 22.2 Å². The molecule has 2 N–H and O–H groups in total. The molecule has 1 amide bonds. The molecule has 0 saturated carbocycles. The van der Waals surface area contributed by atoms with Crippen molar-refractivity contribution in [3.63, 3.8) is 0 Å². The van der Waals surface area contributed by atoms with Crippen molar-refractivity contribution in [1.29, 1.82) is 0 Å². The van der Waals surface area contributed by atoms with Crippen LogP contribution >= 0.6 is 23.2 Å². The molecule has 0 aromatic heterocycles. The molecule has 0 atom stereocenters. The number of sulfonamides is 1. The molecule has 0 saturated heterocycles. The van der Waals surface area contributed by atoms with Gasteiger partial charge < -0.3 is 10.6 Å². The van der Waals surface area contributed by atoms with Gasteiger partial charge in [0.15, 0.2) is 0 Å². The molecule has 0 bridgehead atoms. The second-order valence-corrected chi connectivity index (χ2v) is 8.42. The van der Waals surface area contributed by atoms with Crippen LogP contribution in [0.15, 0.2) is 47.4 Å². The summed E-state index contributed by atoms with van der Waals surface area (Å²) < 4.78 is 26.5. The summed E-state index contributed by atoms with van der Waals surface area (Å²) in [7, 11) is -3.59. The van der Waals surface area contributed by atoms with E-state index in [0.717, 1.165) is 0 Å². The third-order valence-electron chi connectivity index (χ3n) is 3.83. The maximum atomic E-state index is 12.6. The minimum atomic E-state index is -3.59. The second kappa shape index (κ2) is 9.41. The first-order valence-electron chi connectivity index (χ1n) is 8.37. The summed E-state index contributed by atoms with van der Waals surface area (Å²) in [5.41, 5.74) is 0.935. The lowest BCUT2D eigenvalue weighted by atomic mass is 10.3. The second-order valence-electron chi connectivity index (χ2n) is 5.64. The smallest absolute Gasteiger partial charge is 0.243 e. The number of amides is 1. The number of halogens is 2. The van der Waals surface area contributed by atoms with E-state index in [4.69, 9.17) is 23.2 Å². The van der Waals surface area contributed by atoms with E-state index in [9.17, 15) is 13.2 Å². The van der Waals surface area contributed by atoms with Gasteiger partial charge >= 0.3 is 0 Å². The minimum Gasteiger partial charge on any atom is -0.375 e. The first kappa shape index (κ1) is 21.5. The molecular formula is C18H21Cl2N3O3S. The zero-order valence-corrected chi connectivity index (χ0v) is 17.3. The summed E-state index contributed by atoms with van der Waals surface area (Å²) in [5.74, 6) is -0.344. The van der Waals surface area contributed by atoms with Crippen molar-refractivity contribution < 1.29 is 13.2 Å². The predicted octanol–water partition coefficient (Wildman–Crippen LogP) is 4.07. The van der Waals surface area contributed by atoms with Gasteiger partial charge in [-0.15, -0.1) is 0 Å². The summed E-state index contributed by atoms with van der Waals surface area (Å²) in [6, 6.07) is 11.1. The molecule has 2 aromatic carbocycles. The van der Waals surface area contributed by atoms with Gasteiger partial charge in [-0.2, -0.15) is 4.31 Å². The first-order valence-corrected chi connectivity index (χ1v) is 10.6. The van der Waals surface area contributed by atoms with Crippen molar-refractivity contribution in [1.82, 2.24) is 4.31 Å². The van der Waals surface area contributed by atoms with Crippen LogP contribution in [-0.4, -0.2) is 38.3 Å². The van der Waals surface area contributed by atoms with Crippen LogP contribution in [0.4, 0.5) is 11.4 Å². The quantitative estimate of drug-likeness (QED) is 0.662. The van der Waals surface area contributed by atoms with Gasteiger partial charge in [0.25, 0.3) is 0 Å². The number of hydrogen-bond donors (Lipinski definition) is 2. The largest absolute Gasteiger partial charge is 0.375 e. The standard InChI is InChI=1S/C18H21Cl2N3O3S/c1-3-23(4-2)27(25,26)15-7-5-6-14(11-15)22-18(24)12-21-17-10-13(19)8-9-16(17)20/h5-11,21H,3-4,12H2,1-2H3,(H,22,24). The Morgan fingerprint density at radius 2 is 1.78 bits per heavy atom. The zero-order chi connectivity index (χ0) is 20.0. The number of carbonyl (C=O) groups is 1. The Morgan fingerprint density at radius 3 is 2.44 bits per heavy atom. The van der Waals surface area contributed by atoms with Gasteiger partial charge in [-0.05, 0) is 36.4 Å². The normalized spacial score (nSPS) is 11.4. The maximum Gasteiger partial charge on any atom is 0.243 e. The molecule has 0 fully saturated rings. The molecule has 0 unspecified atom stereocenters. The van der Waals surface area contributed by atoms with Crippen molar-refractivity contribution in [3.8, 4) is 0 Å². The van der Waals surface area contributed by atoms with E-state index in [0.29, 0.717) is 34.5 Å². The van der Waals surface area contributed by atoms with Crippen LogP contribution < -0.4 is 10.6 Å². The van der Waals surface area contributed by atoms with Gasteiger partial charge in [0, 0.05) is 23.8 Å². The molecule has 27 heavy (non-hydrogen) atoms. The van der Waals surface area contributed by atoms with Crippen molar-refractivity contribution in [2.75, 3.05) is 30.3 Å². The third-order valence-corrected chi connectivity index (χ3v) is 6.44. The lowest BCUT2D eigenvalue weighted by Crippen LogP contribution is -2.30. The van der Waals surface area contributed by atoms with Crippen LogP contribution in [0.5, 0.6) is 0 Å². The average molecular weight is 430 g/mol. The van der Waals surface area contributed by atoms with Gasteiger partial charge in [0.1, 0.15) is 0 Å². The number of nitrogens with one attached hydrogen (secondary N) is 2. The van der Waals surface area contributed by atoms with Gasteiger partial charge in [0.2, 0.25) is 15.9 Å². The SMILES string of the molecule is CCN(CC)S(=O)(=O)c1cccc(NC(=O)CNc2cc(Cl)ccc2Cl)c1. The summed E-state index contributed by atoms with van der Waals surface area (Å²) in [6.45, 7) is 4.26. The molecule has 146 valence electrons. The van der Waals surface area contributed by atoms with Crippen LogP contribution in [0, 0.1) is 0 Å². The molecule has 0 aliphatic carbocycles. The van der Waals surface area contributed by atoms with Crippen molar-refractivity contribution in [2.45, 2.75) is 18.7 Å². The number of anilines is 2.